The first-order valence-corrected chi connectivity index (χ1v) is 8.49. The molecule has 0 unspecified atom stereocenters. The lowest BCUT2D eigenvalue weighted by molar-refractivity contribution is 0.145. The Bertz CT molecular complexity index is 1260. The fourth-order valence-electron chi connectivity index (χ4n) is 3.04. The van der Waals surface area contributed by atoms with Gasteiger partial charge in [-0.05, 0) is 30.7 Å². The fourth-order valence-corrected chi connectivity index (χ4v) is 3.56. The lowest BCUT2D eigenvalue weighted by atomic mass is 10.0. The summed E-state index contributed by atoms with van der Waals surface area (Å²) < 4.78 is 27.5. The topological polar surface area (TPSA) is 66.9 Å². The van der Waals surface area contributed by atoms with Gasteiger partial charge in [-0.25, -0.2) is 18.3 Å². The van der Waals surface area contributed by atoms with Crippen molar-refractivity contribution >= 4 is 39.8 Å². The molecule has 1 aromatic carbocycles. The van der Waals surface area contributed by atoms with E-state index in [1.165, 1.54) is 0 Å². The van der Waals surface area contributed by atoms with Crippen LogP contribution in [0.5, 0.6) is 0 Å². The third kappa shape index (κ3) is 2.69. The zero-order valence-corrected chi connectivity index (χ0v) is 15.2. The minimum atomic E-state index is -2.91. The number of rotatable bonds is 2. The second-order valence-electron chi connectivity index (χ2n) is 5.79. The molecule has 5 nitrogen and oxygen atoms in total. The molecule has 0 amide bonds. The van der Waals surface area contributed by atoms with E-state index in [0.29, 0.717) is 27.4 Å². The minimum absolute atomic E-state index is 0.000422. The first-order valence-electron chi connectivity index (χ1n) is 7.74. The van der Waals surface area contributed by atoms with Crippen LogP contribution in [0.4, 0.5) is 8.78 Å². The molecular weight excluding hydrogens is 395 g/mol. The summed E-state index contributed by atoms with van der Waals surface area (Å²) in [7, 11) is 0. The normalized spacial score (nSPS) is 11.4. The Morgan fingerprint density at radius 2 is 2.00 bits per heavy atom. The molecule has 0 radical (unpaired) electrons. The number of fused-ring (bicyclic) bond motifs is 2. The van der Waals surface area contributed by atoms with Crippen LogP contribution in [-0.4, -0.2) is 19.6 Å². The second kappa shape index (κ2) is 6.41. The Labute approximate surface area is 161 Å². The van der Waals surface area contributed by atoms with Gasteiger partial charge in [-0.15, -0.1) is 0 Å². The van der Waals surface area contributed by atoms with Crippen LogP contribution in [0.3, 0.4) is 0 Å². The van der Waals surface area contributed by atoms with Crippen LogP contribution in [0.25, 0.3) is 27.7 Å². The van der Waals surface area contributed by atoms with Gasteiger partial charge in [0.15, 0.2) is 5.65 Å². The smallest absolute Gasteiger partial charge is 0.256 e. The van der Waals surface area contributed by atoms with Crippen molar-refractivity contribution in [1.82, 2.24) is 19.6 Å². The van der Waals surface area contributed by atoms with Crippen molar-refractivity contribution in [1.29, 1.82) is 5.26 Å². The summed E-state index contributed by atoms with van der Waals surface area (Å²) in [4.78, 5) is 8.62. The maximum atomic E-state index is 13.2. The number of alkyl halides is 2. The number of aromatic nitrogens is 4. The molecule has 4 aromatic rings. The Balaban J connectivity index is 2.09. The number of benzene rings is 1. The molecule has 0 aliphatic rings. The van der Waals surface area contributed by atoms with Gasteiger partial charge in [0.25, 0.3) is 6.43 Å². The molecule has 0 atom stereocenters. The van der Waals surface area contributed by atoms with Crippen LogP contribution in [0.15, 0.2) is 30.5 Å². The highest BCUT2D eigenvalue weighted by Crippen LogP contribution is 2.37. The molecule has 134 valence electrons. The summed E-state index contributed by atoms with van der Waals surface area (Å²) in [5.41, 5.74) is 1.44. The minimum Gasteiger partial charge on any atom is -0.256 e. The Morgan fingerprint density at radius 3 is 2.70 bits per heavy atom. The molecule has 0 fully saturated rings. The molecule has 0 aliphatic carbocycles. The van der Waals surface area contributed by atoms with Crippen LogP contribution in [0, 0.1) is 18.3 Å². The standard InChI is InChI=1S/C18H9Cl2F2N5/c1-8-14(11-4-5-24-13-6-9(19)2-3-10(11)13)16(20)27-18(25-8)12(7-23)15(26-27)17(21)22/h2-6,17H,1H3. The molecule has 0 saturated carbocycles. The van der Waals surface area contributed by atoms with Crippen molar-refractivity contribution in [3.8, 4) is 17.2 Å². The van der Waals surface area contributed by atoms with Crippen LogP contribution >= 0.6 is 23.2 Å². The van der Waals surface area contributed by atoms with Crippen LogP contribution in [0.1, 0.15) is 23.4 Å². The van der Waals surface area contributed by atoms with E-state index in [1.807, 2.05) is 0 Å². The number of hydrogen-bond donors (Lipinski definition) is 0. The highest BCUT2D eigenvalue weighted by atomic mass is 35.5. The molecule has 0 aliphatic heterocycles. The Kier molecular flexibility index (Phi) is 4.17. The molecule has 0 saturated heterocycles. The van der Waals surface area contributed by atoms with Crippen LogP contribution < -0.4 is 0 Å². The van der Waals surface area contributed by atoms with Crippen LogP contribution in [0.2, 0.25) is 10.2 Å². The lowest BCUT2D eigenvalue weighted by Gasteiger charge is -2.12. The van der Waals surface area contributed by atoms with Crippen LogP contribution in [-0.2, 0) is 0 Å². The maximum absolute atomic E-state index is 13.2. The average Bonchev–Trinajstić information content (AvgIpc) is 3.00. The van der Waals surface area contributed by atoms with Gasteiger partial charge in [-0.1, -0.05) is 29.3 Å². The fraction of sp³-hybridized carbons (Fsp3) is 0.111. The SMILES string of the molecule is Cc1nc2c(C#N)c(C(F)F)nn2c(Cl)c1-c1ccnc2cc(Cl)ccc12. The van der Waals surface area contributed by atoms with Gasteiger partial charge in [0.2, 0.25) is 0 Å². The van der Waals surface area contributed by atoms with Gasteiger partial charge in [0.05, 0.1) is 11.2 Å². The first kappa shape index (κ1) is 17.6. The zero-order chi connectivity index (χ0) is 19.3. The van der Waals surface area contributed by atoms with Gasteiger partial charge in [-0.3, -0.25) is 4.98 Å². The summed E-state index contributed by atoms with van der Waals surface area (Å²) in [5, 5.41) is 14.5. The monoisotopic (exact) mass is 403 g/mol. The number of nitrogens with zero attached hydrogens (tertiary/aromatic N) is 5. The predicted molar refractivity (Wildman–Crippen MR) is 98.2 cm³/mol. The van der Waals surface area contributed by atoms with Gasteiger partial charge < -0.3 is 0 Å². The van der Waals surface area contributed by atoms with Gasteiger partial charge in [0, 0.05) is 22.2 Å². The van der Waals surface area contributed by atoms with E-state index >= 15 is 0 Å². The van der Waals surface area contributed by atoms with Crippen molar-refractivity contribution in [2.75, 3.05) is 0 Å². The molecule has 27 heavy (non-hydrogen) atoms. The highest BCUT2D eigenvalue weighted by molar-refractivity contribution is 6.33. The zero-order valence-electron chi connectivity index (χ0n) is 13.7. The predicted octanol–water partition coefficient (Wildman–Crippen LogP) is 5.37. The third-order valence-corrected chi connectivity index (χ3v) is 4.79. The summed E-state index contributed by atoms with van der Waals surface area (Å²) in [6.45, 7) is 1.69. The number of nitriles is 1. The molecule has 3 aromatic heterocycles. The van der Waals surface area contributed by atoms with E-state index in [-0.39, 0.29) is 16.4 Å². The molecule has 3 heterocycles. The van der Waals surface area contributed by atoms with Gasteiger partial charge in [-0.2, -0.15) is 10.4 Å². The number of hydrogen-bond acceptors (Lipinski definition) is 4. The summed E-state index contributed by atoms with van der Waals surface area (Å²) in [5.74, 6) is 0. The number of halogens is 4. The molecule has 0 N–H and O–H groups in total. The van der Waals surface area contributed by atoms with E-state index in [0.717, 1.165) is 9.90 Å². The molecule has 0 bridgehead atoms. The Hall–Kier alpha value is -2.82. The average molecular weight is 404 g/mol. The third-order valence-electron chi connectivity index (χ3n) is 4.21. The van der Waals surface area contributed by atoms with Crippen molar-refractivity contribution in [3.63, 3.8) is 0 Å². The van der Waals surface area contributed by atoms with E-state index in [4.69, 9.17) is 23.2 Å². The second-order valence-corrected chi connectivity index (χ2v) is 6.59. The molecule has 9 heteroatoms. The van der Waals surface area contributed by atoms with Gasteiger partial charge in [0.1, 0.15) is 22.5 Å². The summed E-state index contributed by atoms with van der Waals surface area (Å²) >= 11 is 12.5. The van der Waals surface area contributed by atoms with Crippen molar-refractivity contribution < 1.29 is 8.78 Å². The van der Waals surface area contributed by atoms with E-state index in [9.17, 15) is 14.0 Å². The van der Waals surface area contributed by atoms with E-state index < -0.39 is 12.1 Å². The van der Waals surface area contributed by atoms with E-state index in [2.05, 4.69) is 15.1 Å². The first-order chi connectivity index (χ1) is 12.9. The molecule has 4 rings (SSSR count). The largest absolute Gasteiger partial charge is 0.283 e. The Morgan fingerprint density at radius 1 is 1.22 bits per heavy atom. The lowest BCUT2D eigenvalue weighted by Crippen LogP contribution is -2.00. The molecule has 0 spiro atoms. The van der Waals surface area contributed by atoms with Crippen molar-refractivity contribution in [2.24, 2.45) is 0 Å². The number of aryl methyl sites for hydroxylation is 1. The molecular formula is C18H9Cl2F2N5. The summed E-state index contributed by atoms with van der Waals surface area (Å²) in [6.07, 6.45) is -1.31. The quantitative estimate of drug-likeness (QED) is 0.422. The van der Waals surface area contributed by atoms with Gasteiger partial charge >= 0.3 is 0 Å². The van der Waals surface area contributed by atoms with Crippen molar-refractivity contribution in [3.05, 3.63) is 57.6 Å². The van der Waals surface area contributed by atoms with E-state index in [1.54, 1.807) is 43.5 Å². The maximum Gasteiger partial charge on any atom is 0.283 e. The number of pyridine rings is 1. The van der Waals surface area contributed by atoms with Crippen molar-refractivity contribution in [2.45, 2.75) is 13.3 Å². The summed E-state index contributed by atoms with van der Waals surface area (Å²) in [6, 6.07) is 8.73. The highest BCUT2D eigenvalue weighted by Gasteiger charge is 2.25.